The lowest BCUT2D eigenvalue weighted by molar-refractivity contribution is 0.0697. The largest absolute Gasteiger partial charge is 0.478 e. The van der Waals surface area contributed by atoms with E-state index in [1.165, 1.54) is 17.5 Å². The van der Waals surface area contributed by atoms with Gasteiger partial charge in [0.2, 0.25) is 0 Å². The molecule has 5 nitrogen and oxygen atoms in total. The number of carboxylic acids is 1. The van der Waals surface area contributed by atoms with E-state index in [1.807, 2.05) is 24.3 Å². The van der Waals surface area contributed by atoms with Crippen molar-refractivity contribution in [2.75, 3.05) is 0 Å². The van der Waals surface area contributed by atoms with Crippen LogP contribution in [0, 0.1) is 0 Å². The van der Waals surface area contributed by atoms with Gasteiger partial charge in [-0.2, -0.15) is 5.10 Å². The molecule has 0 radical (unpaired) electrons. The molecule has 0 aliphatic heterocycles. The van der Waals surface area contributed by atoms with Gasteiger partial charge < -0.3 is 5.11 Å². The third-order valence-electron chi connectivity index (χ3n) is 2.67. The fourth-order valence-corrected chi connectivity index (χ4v) is 2.65. The first-order valence-corrected chi connectivity index (χ1v) is 7.31. The number of aromatic nitrogens is 3. The molecule has 0 aliphatic carbocycles. The number of carbonyl (C=O) groups is 1. The van der Waals surface area contributed by atoms with Crippen molar-refractivity contribution in [3.05, 3.63) is 52.1 Å². The molecule has 3 rings (SSSR count). The Morgan fingerprint density at radius 3 is 2.65 bits per heavy atom. The number of aromatic carboxylic acids is 1. The van der Waals surface area contributed by atoms with Crippen LogP contribution in [-0.4, -0.2) is 25.8 Å². The van der Waals surface area contributed by atoms with Crippen LogP contribution in [0.3, 0.4) is 0 Å². The molecule has 0 spiro atoms. The normalized spacial score (nSPS) is 10.7. The predicted molar refractivity (Wildman–Crippen MR) is 79.3 cm³/mol. The molecule has 0 aliphatic rings. The van der Waals surface area contributed by atoms with Gasteiger partial charge in [-0.1, -0.05) is 15.9 Å². The Balaban J connectivity index is 2.12. The molecule has 0 fully saturated rings. The van der Waals surface area contributed by atoms with Crippen LogP contribution in [0.5, 0.6) is 0 Å². The molecular weight excluding hydrogens is 342 g/mol. The lowest BCUT2D eigenvalue weighted by Gasteiger charge is -2.00. The van der Waals surface area contributed by atoms with Gasteiger partial charge in [0.05, 0.1) is 5.69 Å². The predicted octanol–water partition coefficient (Wildman–Crippen LogP) is 3.46. The third kappa shape index (κ3) is 2.37. The summed E-state index contributed by atoms with van der Waals surface area (Å²) in [4.78, 5) is 15.5. The van der Waals surface area contributed by atoms with Crippen LogP contribution < -0.4 is 0 Å². The fraction of sp³-hybridized carbons (Fsp3) is 0. The van der Waals surface area contributed by atoms with Gasteiger partial charge in [0.15, 0.2) is 0 Å². The summed E-state index contributed by atoms with van der Waals surface area (Å²) in [6, 6.07) is 7.46. The van der Waals surface area contributed by atoms with Crippen molar-refractivity contribution in [3.63, 3.8) is 0 Å². The number of rotatable bonds is 3. The second-order valence-corrected chi connectivity index (χ2v) is 5.77. The van der Waals surface area contributed by atoms with Gasteiger partial charge in [0.25, 0.3) is 0 Å². The molecule has 0 saturated heterocycles. The van der Waals surface area contributed by atoms with E-state index in [4.69, 9.17) is 0 Å². The van der Waals surface area contributed by atoms with E-state index in [1.54, 1.807) is 16.3 Å². The maximum Gasteiger partial charge on any atom is 0.339 e. The number of hydrogen-bond donors (Lipinski definition) is 1. The Morgan fingerprint density at radius 1 is 1.30 bits per heavy atom. The summed E-state index contributed by atoms with van der Waals surface area (Å²) in [5.41, 5.74) is 1.32. The molecule has 1 N–H and O–H groups in total. The van der Waals surface area contributed by atoms with Crippen molar-refractivity contribution in [1.29, 1.82) is 0 Å². The van der Waals surface area contributed by atoms with E-state index < -0.39 is 5.97 Å². The Labute approximate surface area is 126 Å². The summed E-state index contributed by atoms with van der Waals surface area (Å²) >= 11 is 4.72. The zero-order chi connectivity index (χ0) is 14.1. The summed E-state index contributed by atoms with van der Waals surface area (Å²) in [5, 5.41) is 16.0. The molecule has 0 unspecified atom stereocenters. The Kier molecular flexibility index (Phi) is 3.37. The van der Waals surface area contributed by atoms with E-state index in [0.717, 1.165) is 10.2 Å². The topological polar surface area (TPSA) is 68.0 Å². The minimum atomic E-state index is -1.02. The average molecular weight is 350 g/mol. The highest BCUT2D eigenvalue weighted by atomic mass is 79.9. The standard InChI is InChI=1S/C13H8BrN3O2S/c14-8-1-3-9(4-2-8)17-7-10(13(18)19)11(16-17)12-15-5-6-20-12/h1-7H,(H,18,19). The number of carboxylic acid groups (broad SMARTS) is 1. The quantitative estimate of drug-likeness (QED) is 0.786. The SMILES string of the molecule is O=C(O)c1cn(-c2ccc(Br)cc2)nc1-c1nccs1. The van der Waals surface area contributed by atoms with Crippen molar-refractivity contribution in [2.24, 2.45) is 0 Å². The zero-order valence-electron chi connectivity index (χ0n) is 10.0. The van der Waals surface area contributed by atoms with Crippen molar-refractivity contribution in [3.8, 4) is 16.4 Å². The van der Waals surface area contributed by atoms with Crippen molar-refractivity contribution in [2.45, 2.75) is 0 Å². The number of benzene rings is 1. The molecule has 2 heterocycles. The van der Waals surface area contributed by atoms with Gasteiger partial charge in [-0.3, -0.25) is 0 Å². The van der Waals surface area contributed by atoms with Crippen LogP contribution in [0.4, 0.5) is 0 Å². The van der Waals surface area contributed by atoms with E-state index in [2.05, 4.69) is 26.0 Å². The lowest BCUT2D eigenvalue weighted by atomic mass is 10.2. The van der Waals surface area contributed by atoms with Gasteiger partial charge in [-0.05, 0) is 24.3 Å². The minimum Gasteiger partial charge on any atom is -0.478 e. The minimum absolute atomic E-state index is 0.142. The summed E-state index contributed by atoms with van der Waals surface area (Å²) in [6.45, 7) is 0. The first kappa shape index (κ1) is 13.0. The summed E-state index contributed by atoms with van der Waals surface area (Å²) in [5.74, 6) is -1.02. The van der Waals surface area contributed by atoms with Crippen LogP contribution >= 0.6 is 27.3 Å². The fourth-order valence-electron chi connectivity index (χ4n) is 1.75. The summed E-state index contributed by atoms with van der Waals surface area (Å²) in [6.07, 6.45) is 3.13. The van der Waals surface area contributed by atoms with Gasteiger partial charge in [0, 0.05) is 22.2 Å². The van der Waals surface area contributed by atoms with Gasteiger partial charge in [0.1, 0.15) is 16.3 Å². The van der Waals surface area contributed by atoms with E-state index >= 15 is 0 Å². The first-order valence-electron chi connectivity index (χ1n) is 5.64. The smallest absolute Gasteiger partial charge is 0.339 e. The molecule has 7 heteroatoms. The van der Waals surface area contributed by atoms with Crippen LogP contribution in [0.2, 0.25) is 0 Å². The molecule has 1 aromatic carbocycles. The van der Waals surface area contributed by atoms with E-state index in [9.17, 15) is 9.90 Å². The Morgan fingerprint density at radius 2 is 2.05 bits per heavy atom. The van der Waals surface area contributed by atoms with Crippen molar-refractivity contribution in [1.82, 2.24) is 14.8 Å². The van der Waals surface area contributed by atoms with Gasteiger partial charge in [-0.25, -0.2) is 14.5 Å². The van der Waals surface area contributed by atoms with Gasteiger partial charge >= 0.3 is 5.97 Å². The molecule has 0 bridgehead atoms. The molecule has 20 heavy (non-hydrogen) atoms. The van der Waals surface area contributed by atoms with Crippen LogP contribution in [0.25, 0.3) is 16.4 Å². The monoisotopic (exact) mass is 349 g/mol. The highest BCUT2D eigenvalue weighted by Crippen LogP contribution is 2.25. The van der Waals surface area contributed by atoms with Crippen LogP contribution in [0.1, 0.15) is 10.4 Å². The molecule has 0 saturated carbocycles. The Hall–Kier alpha value is -1.99. The number of hydrogen-bond acceptors (Lipinski definition) is 4. The average Bonchev–Trinajstić information content (AvgIpc) is 3.08. The summed E-state index contributed by atoms with van der Waals surface area (Å²) < 4.78 is 2.50. The highest BCUT2D eigenvalue weighted by Gasteiger charge is 2.19. The second kappa shape index (κ2) is 5.18. The van der Waals surface area contributed by atoms with E-state index in [-0.39, 0.29) is 5.56 Å². The molecule has 2 aromatic heterocycles. The maximum absolute atomic E-state index is 11.3. The molecule has 0 amide bonds. The number of halogens is 1. The van der Waals surface area contributed by atoms with Gasteiger partial charge in [-0.15, -0.1) is 11.3 Å². The van der Waals surface area contributed by atoms with Crippen LogP contribution in [0.15, 0.2) is 46.5 Å². The van der Waals surface area contributed by atoms with Crippen LogP contribution in [-0.2, 0) is 0 Å². The lowest BCUT2D eigenvalue weighted by Crippen LogP contribution is -1.96. The Bertz CT molecular complexity index is 751. The zero-order valence-corrected chi connectivity index (χ0v) is 12.4. The summed E-state index contributed by atoms with van der Waals surface area (Å²) in [7, 11) is 0. The molecule has 3 aromatic rings. The van der Waals surface area contributed by atoms with E-state index in [0.29, 0.717) is 10.7 Å². The number of thiazole rings is 1. The third-order valence-corrected chi connectivity index (χ3v) is 3.98. The number of nitrogens with zero attached hydrogens (tertiary/aromatic N) is 3. The second-order valence-electron chi connectivity index (χ2n) is 3.95. The maximum atomic E-state index is 11.3. The van der Waals surface area contributed by atoms with Crippen molar-refractivity contribution >= 4 is 33.2 Å². The molecule has 0 atom stereocenters. The molecular formula is C13H8BrN3O2S. The van der Waals surface area contributed by atoms with Crippen molar-refractivity contribution < 1.29 is 9.90 Å². The highest BCUT2D eigenvalue weighted by molar-refractivity contribution is 9.10. The molecule has 100 valence electrons. The first-order chi connectivity index (χ1) is 9.65.